The Morgan fingerprint density at radius 2 is 1.94 bits per heavy atom. The van der Waals surface area contributed by atoms with Crippen LogP contribution in [-0.2, 0) is 11.3 Å². The first-order chi connectivity index (χ1) is 16.7. The lowest BCUT2D eigenvalue weighted by molar-refractivity contribution is 0.0244. The number of nitrogens with zero attached hydrogens (tertiary/aromatic N) is 5. The number of amides is 2. The Kier molecular flexibility index (Phi) is 7.10. The quantitative estimate of drug-likeness (QED) is 0.525. The Morgan fingerprint density at radius 3 is 2.63 bits per heavy atom. The van der Waals surface area contributed by atoms with E-state index in [9.17, 15) is 9.59 Å². The molecule has 1 atom stereocenters. The zero-order valence-corrected chi connectivity index (χ0v) is 21.3. The highest BCUT2D eigenvalue weighted by Crippen LogP contribution is 2.28. The molecule has 8 heteroatoms. The van der Waals surface area contributed by atoms with Crippen LogP contribution in [0.15, 0.2) is 42.6 Å². The average Bonchev–Trinajstić information content (AvgIpc) is 3.26. The summed E-state index contributed by atoms with van der Waals surface area (Å²) < 4.78 is 7.32. The zero-order chi connectivity index (χ0) is 25.2. The molecule has 4 rings (SSSR count). The number of piperidine rings is 1. The van der Waals surface area contributed by atoms with Crippen LogP contribution < -0.4 is 0 Å². The van der Waals surface area contributed by atoms with Gasteiger partial charge in [-0.25, -0.2) is 14.5 Å². The van der Waals surface area contributed by atoms with Gasteiger partial charge in [-0.15, -0.1) is 0 Å². The maximum atomic E-state index is 13.8. The minimum Gasteiger partial charge on any atom is -0.444 e. The first-order valence-electron chi connectivity index (χ1n) is 12.3. The summed E-state index contributed by atoms with van der Waals surface area (Å²) in [6.07, 6.45) is 3.26. The van der Waals surface area contributed by atoms with Crippen molar-refractivity contribution in [3.8, 4) is 11.3 Å². The topological polar surface area (TPSA) is 80.6 Å². The summed E-state index contributed by atoms with van der Waals surface area (Å²) in [7, 11) is 1.76. The molecule has 1 fully saturated rings. The summed E-state index contributed by atoms with van der Waals surface area (Å²) >= 11 is 0. The molecule has 0 radical (unpaired) electrons. The molecule has 3 aromatic rings. The van der Waals surface area contributed by atoms with Gasteiger partial charge in [-0.3, -0.25) is 4.79 Å². The van der Waals surface area contributed by atoms with Crippen molar-refractivity contribution in [3.63, 3.8) is 0 Å². The first kappa shape index (κ1) is 24.7. The fourth-order valence-corrected chi connectivity index (χ4v) is 4.58. The maximum absolute atomic E-state index is 13.8. The Balaban J connectivity index is 1.58. The molecular formula is C27H35N5O3. The van der Waals surface area contributed by atoms with Crippen LogP contribution >= 0.6 is 0 Å². The molecule has 2 amide bonds. The van der Waals surface area contributed by atoms with Gasteiger partial charge in [-0.2, -0.15) is 5.10 Å². The number of fused-ring (bicyclic) bond motifs is 1. The van der Waals surface area contributed by atoms with E-state index in [0.29, 0.717) is 31.7 Å². The summed E-state index contributed by atoms with van der Waals surface area (Å²) in [5, 5.41) is 5.23. The number of benzene rings is 1. The van der Waals surface area contributed by atoms with E-state index in [1.165, 1.54) is 0 Å². The third-order valence-electron chi connectivity index (χ3n) is 6.25. The highest BCUT2D eigenvalue weighted by molar-refractivity contribution is 6.06. The van der Waals surface area contributed by atoms with E-state index in [1.807, 2.05) is 73.7 Å². The van der Waals surface area contributed by atoms with Crippen molar-refractivity contribution in [3.05, 3.63) is 48.2 Å². The molecule has 1 aromatic carbocycles. The minimum atomic E-state index is -0.536. The van der Waals surface area contributed by atoms with Gasteiger partial charge in [0.25, 0.3) is 5.91 Å². The number of carbonyl (C=O) groups is 2. The van der Waals surface area contributed by atoms with Crippen LogP contribution in [0.4, 0.5) is 4.79 Å². The molecule has 1 aliphatic rings. The van der Waals surface area contributed by atoms with Crippen molar-refractivity contribution in [2.24, 2.45) is 5.92 Å². The lowest BCUT2D eigenvalue weighted by Gasteiger charge is -2.35. The summed E-state index contributed by atoms with van der Waals surface area (Å²) in [5.41, 5.74) is 2.52. The van der Waals surface area contributed by atoms with Crippen LogP contribution in [0, 0.1) is 5.92 Å². The molecule has 2 aromatic heterocycles. The number of pyridine rings is 1. The van der Waals surface area contributed by atoms with E-state index in [-0.39, 0.29) is 17.9 Å². The molecule has 0 saturated carbocycles. The second kappa shape index (κ2) is 10.1. The second-order valence-corrected chi connectivity index (χ2v) is 10.2. The second-order valence-electron chi connectivity index (χ2n) is 10.2. The van der Waals surface area contributed by atoms with Gasteiger partial charge in [0.1, 0.15) is 5.60 Å². The molecule has 0 aliphatic carbocycles. The van der Waals surface area contributed by atoms with Gasteiger partial charge in [0, 0.05) is 38.8 Å². The largest absolute Gasteiger partial charge is 0.444 e. The maximum Gasteiger partial charge on any atom is 0.410 e. The number of carbonyl (C=O) groups excluding carboxylic acids is 2. The Hall–Kier alpha value is -3.42. The third-order valence-corrected chi connectivity index (χ3v) is 6.25. The number of likely N-dealkylation sites (tertiary alicyclic amines) is 1. The predicted octanol–water partition coefficient (Wildman–Crippen LogP) is 4.84. The fourth-order valence-electron chi connectivity index (χ4n) is 4.58. The highest BCUT2D eigenvalue weighted by Gasteiger charge is 2.29. The van der Waals surface area contributed by atoms with Crippen molar-refractivity contribution in [2.75, 3.05) is 26.7 Å². The number of aromatic nitrogens is 3. The Bertz CT molecular complexity index is 1200. The lowest BCUT2D eigenvalue weighted by atomic mass is 9.96. The number of rotatable bonds is 5. The van der Waals surface area contributed by atoms with Gasteiger partial charge >= 0.3 is 6.09 Å². The van der Waals surface area contributed by atoms with E-state index in [1.54, 1.807) is 18.1 Å². The number of hydrogen-bond acceptors (Lipinski definition) is 5. The molecule has 0 N–H and O–H groups in total. The van der Waals surface area contributed by atoms with Crippen LogP contribution in [0.5, 0.6) is 0 Å². The van der Waals surface area contributed by atoms with Crippen molar-refractivity contribution in [1.82, 2.24) is 24.6 Å². The van der Waals surface area contributed by atoms with Crippen molar-refractivity contribution in [2.45, 2.75) is 52.7 Å². The molecule has 0 bridgehead atoms. The van der Waals surface area contributed by atoms with Crippen LogP contribution in [0.25, 0.3) is 22.3 Å². The smallest absolute Gasteiger partial charge is 0.410 e. The average molecular weight is 478 g/mol. The van der Waals surface area contributed by atoms with Crippen LogP contribution in [0.2, 0.25) is 0 Å². The number of aryl methyl sites for hydroxylation is 1. The van der Waals surface area contributed by atoms with E-state index in [4.69, 9.17) is 9.72 Å². The molecular weight excluding hydrogens is 442 g/mol. The summed E-state index contributed by atoms with van der Waals surface area (Å²) in [6, 6.07) is 11.8. The molecule has 1 aliphatic heterocycles. The first-order valence-corrected chi connectivity index (χ1v) is 12.3. The van der Waals surface area contributed by atoms with Gasteiger partial charge in [0.05, 0.1) is 22.8 Å². The minimum absolute atomic E-state index is 0.0187. The lowest BCUT2D eigenvalue weighted by Crippen LogP contribution is -2.45. The third kappa shape index (κ3) is 5.63. The molecule has 0 spiro atoms. The normalized spacial score (nSPS) is 16.4. The van der Waals surface area contributed by atoms with E-state index < -0.39 is 5.60 Å². The van der Waals surface area contributed by atoms with Crippen LogP contribution in [-0.4, -0.2) is 68.8 Å². The van der Waals surface area contributed by atoms with Gasteiger partial charge in [-0.05, 0) is 52.5 Å². The molecule has 3 heterocycles. The van der Waals surface area contributed by atoms with E-state index in [2.05, 4.69) is 5.10 Å². The van der Waals surface area contributed by atoms with Crippen LogP contribution in [0.3, 0.4) is 0 Å². The monoisotopic (exact) mass is 477 g/mol. The van der Waals surface area contributed by atoms with Gasteiger partial charge in [0.15, 0.2) is 5.65 Å². The zero-order valence-electron chi connectivity index (χ0n) is 21.3. The molecule has 1 unspecified atom stereocenters. The predicted molar refractivity (Wildman–Crippen MR) is 136 cm³/mol. The van der Waals surface area contributed by atoms with Crippen LogP contribution in [0.1, 0.15) is 50.9 Å². The van der Waals surface area contributed by atoms with Gasteiger partial charge < -0.3 is 14.5 Å². The van der Waals surface area contributed by atoms with E-state index >= 15 is 0 Å². The summed E-state index contributed by atoms with van der Waals surface area (Å²) in [6.45, 7) is 10.1. The van der Waals surface area contributed by atoms with Gasteiger partial charge in [-0.1, -0.05) is 30.3 Å². The SMILES string of the molecule is CCn1ncc2c(C(=O)N3CCCC(CN(C)C(=O)OC(C)(C)C)C3)cc(-c3ccccc3)nc21. The molecule has 186 valence electrons. The summed E-state index contributed by atoms with van der Waals surface area (Å²) in [5.74, 6) is 0.171. The molecule has 35 heavy (non-hydrogen) atoms. The Morgan fingerprint density at radius 1 is 1.20 bits per heavy atom. The van der Waals surface area contributed by atoms with Crippen molar-refractivity contribution < 1.29 is 14.3 Å². The standard InChI is InChI=1S/C27H35N5O3/c1-6-32-24-22(16-28-32)21(15-23(29-24)20-12-8-7-9-13-20)25(33)31-14-10-11-19(18-31)17-30(5)26(34)35-27(2,3)4/h7-9,12-13,15-16,19H,6,10-11,14,17-18H2,1-5H3. The van der Waals surface area contributed by atoms with Crippen molar-refractivity contribution in [1.29, 1.82) is 0 Å². The molecule has 1 saturated heterocycles. The fraction of sp³-hybridized carbons (Fsp3) is 0.481. The van der Waals surface area contributed by atoms with Crippen molar-refractivity contribution >= 4 is 23.0 Å². The number of ether oxygens (including phenoxy) is 1. The molecule has 8 nitrogen and oxygen atoms in total. The Labute approximate surface area is 206 Å². The van der Waals surface area contributed by atoms with E-state index in [0.717, 1.165) is 35.1 Å². The number of hydrogen-bond donors (Lipinski definition) is 0. The van der Waals surface area contributed by atoms with Gasteiger partial charge in [0.2, 0.25) is 0 Å². The highest BCUT2D eigenvalue weighted by atomic mass is 16.6. The summed E-state index contributed by atoms with van der Waals surface area (Å²) in [4.78, 5) is 34.6.